The van der Waals surface area contributed by atoms with E-state index in [0.717, 1.165) is 11.0 Å². The van der Waals surface area contributed by atoms with Crippen LogP contribution in [0, 0.1) is 0 Å². The van der Waals surface area contributed by atoms with Crippen LogP contribution in [0.3, 0.4) is 0 Å². The topological polar surface area (TPSA) is 111 Å². The van der Waals surface area contributed by atoms with Crippen molar-refractivity contribution in [3.05, 3.63) is 20.8 Å². The van der Waals surface area contributed by atoms with Gasteiger partial charge in [-0.05, 0) is 6.42 Å². The summed E-state index contributed by atoms with van der Waals surface area (Å²) in [5, 5.41) is 11.6. The molecule has 0 atom stereocenters. The molecule has 0 spiro atoms. The van der Waals surface area contributed by atoms with Crippen LogP contribution in [0.5, 0.6) is 0 Å². The average Bonchev–Trinajstić information content (AvgIpc) is 2.82. The molecule has 0 aliphatic rings. The van der Waals surface area contributed by atoms with Crippen LogP contribution in [0.15, 0.2) is 9.59 Å². The first-order valence-electron chi connectivity index (χ1n) is 7.00. The van der Waals surface area contributed by atoms with Crippen molar-refractivity contribution in [2.75, 3.05) is 11.9 Å². The largest absolute Gasteiger partial charge is 0.481 e. The number of hydrogen-bond acceptors (Lipinski definition) is 5. The molecule has 0 aliphatic heterocycles. The SMILES string of the molecule is CCCn1c(NCCC(=O)O)nc2c(=O)n(C)c(=O)n(C)c21. The molecule has 9 nitrogen and oxygen atoms in total. The van der Waals surface area contributed by atoms with Gasteiger partial charge in [0.2, 0.25) is 5.95 Å². The number of aromatic nitrogens is 4. The van der Waals surface area contributed by atoms with Gasteiger partial charge in [-0.25, -0.2) is 9.78 Å². The van der Waals surface area contributed by atoms with Crippen LogP contribution in [-0.2, 0) is 25.4 Å². The number of anilines is 1. The molecule has 2 aromatic rings. The van der Waals surface area contributed by atoms with E-state index in [-0.39, 0.29) is 18.5 Å². The summed E-state index contributed by atoms with van der Waals surface area (Å²) in [5.41, 5.74) is -0.260. The van der Waals surface area contributed by atoms with Gasteiger partial charge in [-0.15, -0.1) is 0 Å². The fourth-order valence-electron chi connectivity index (χ4n) is 2.34. The summed E-state index contributed by atoms with van der Waals surface area (Å²) in [4.78, 5) is 39.1. The van der Waals surface area contributed by atoms with E-state index in [4.69, 9.17) is 5.11 Å². The van der Waals surface area contributed by atoms with Crippen molar-refractivity contribution in [3.63, 3.8) is 0 Å². The highest BCUT2D eigenvalue weighted by molar-refractivity contribution is 5.74. The Morgan fingerprint density at radius 2 is 1.95 bits per heavy atom. The van der Waals surface area contributed by atoms with Crippen LogP contribution in [-0.4, -0.2) is 36.3 Å². The summed E-state index contributed by atoms with van der Waals surface area (Å²) < 4.78 is 4.12. The van der Waals surface area contributed by atoms with E-state index in [1.807, 2.05) is 6.92 Å². The number of aliphatic carboxylic acids is 1. The number of rotatable bonds is 6. The highest BCUT2D eigenvalue weighted by atomic mass is 16.4. The van der Waals surface area contributed by atoms with Crippen molar-refractivity contribution in [2.45, 2.75) is 26.3 Å². The quantitative estimate of drug-likeness (QED) is 0.760. The Morgan fingerprint density at radius 1 is 1.27 bits per heavy atom. The third kappa shape index (κ3) is 2.61. The zero-order chi connectivity index (χ0) is 16.4. The van der Waals surface area contributed by atoms with E-state index in [0.29, 0.717) is 18.1 Å². The Labute approximate surface area is 125 Å². The third-order valence-electron chi connectivity index (χ3n) is 3.41. The molecule has 2 aromatic heterocycles. The number of hydrogen-bond donors (Lipinski definition) is 2. The Bertz CT molecular complexity index is 830. The van der Waals surface area contributed by atoms with Gasteiger partial charge in [-0.3, -0.25) is 23.3 Å². The van der Waals surface area contributed by atoms with Gasteiger partial charge in [-0.2, -0.15) is 0 Å². The smallest absolute Gasteiger partial charge is 0.332 e. The van der Waals surface area contributed by atoms with Gasteiger partial charge in [-0.1, -0.05) is 6.92 Å². The summed E-state index contributed by atoms with van der Waals surface area (Å²) in [7, 11) is 2.99. The van der Waals surface area contributed by atoms with Gasteiger partial charge in [0, 0.05) is 27.2 Å². The lowest BCUT2D eigenvalue weighted by atomic mass is 10.4. The zero-order valence-corrected chi connectivity index (χ0v) is 12.8. The first kappa shape index (κ1) is 15.8. The van der Waals surface area contributed by atoms with Gasteiger partial charge in [0.15, 0.2) is 11.2 Å². The predicted octanol–water partition coefficient (Wildman–Crippen LogP) is -0.270. The van der Waals surface area contributed by atoms with Gasteiger partial charge in [0.25, 0.3) is 5.56 Å². The lowest BCUT2D eigenvalue weighted by Crippen LogP contribution is -2.37. The normalized spacial score (nSPS) is 11.0. The highest BCUT2D eigenvalue weighted by Crippen LogP contribution is 2.16. The average molecular weight is 309 g/mol. The minimum atomic E-state index is -0.922. The molecular weight excluding hydrogens is 290 g/mol. The van der Waals surface area contributed by atoms with Gasteiger partial charge >= 0.3 is 11.7 Å². The summed E-state index contributed by atoms with van der Waals surface area (Å²) >= 11 is 0. The number of fused-ring (bicyclic) bond motifs is 1. The molecule has 0 radical (unpaired) electrons. The molecule has 2 N–H and O–H groups in total. The standard InChI is InChI=1S/C13H19N5O4/c1-4-7-18-10-9(11(21)17(3)13(22)16(10)2)15-12(18)14-6-5-8(19)20/h4-7H2,1-3H3,(H,14,15)(H,19,20). The maximum atomic E-state index is 12.2. The van der Waals surface area contributed by atoms with E-state index < -0.39 is 17.2 Å². The summed E-state index contributed by atoms with van der Waals surface area (Å²) in [6.45, 7) is 2.72. The number of nitrogens with zero attached hydrogens (tertiary/aromatic N) is 4. The maximum absolute atomic E-state index is 12.2. The number of carboxylic acid groups (broad SMARTS) is 1. The number of imidazole rings is 1. The minimum absolute atomic E-state index is 0.0632. The first-order valence-corrected chi connectivity index (χ1v) is 7.00. The lowest BCUT2D eigenvalue weighted by molar-refractivity contribution is -0.136. The molecule has 0 saturated carbocycles. The van der Waals surface area contributed by atoms with Crippen molar-refractivity contribution < 1.29 is 9.90 Å². The fourth-order valence-corrected chi connectivity index (χ4v) is 2.34. The zero-order valence-electron chi connectivity index (χ0n) is 12.8. The predicted molar refractivity (Wildman–Crippen MR) is 81.2 cm³/mol. The Kier molecular flexibility index (Phi) is 4.34. The molecule has 2 heterocycles. The number of nitrogens with one attached hydrogen (secondary N) is 1. The molecule has 0 fully saturated rings. The van der Waals surface area contributed by atoms with Crippen LogP contribution < -0.4 is 16.6 Å². The molecule has 0 unspecified atom stereocenters. The van der Waals surface area contributed by atoms with Crippen LogP contribution in [0.4, 0.5) is 5.95 Å². The minimum Gasteiger partial charge on any atom is -0.481 e. The van der Waals surface area contributed by atoms with Crippen LogP contribution >= 0.6 is 0 Å². The first-order chi connectivity index (χ1) is 10.4. The second kappa shape index (κ2) is 6.04. The van der Waals surface area contributed by atoms with Crippen LogP contribution in [0.2, 0.25) is 0 Å². The van der Waals surface area contributed by atoms with E-state index in [1.165, 1.54) is 11.6 Å². The molecule has 22 heavy (non-hydrogen) atoms. The van der Waals surface area contributed by atoms with Crippen molar-refractivity contribution >= 4 is 23.1 Å². The van der Waals surface area contributed by atoms with Gasteiger partial charge in [0.1, 0.15) is 0 Å². The number of carboxylic acids is 1. The molecule has 0 aliphatic carbocycles. The third-order valence-corrected chi connectivity index (χ3v) is 3.41. The van der Waals surface area contributed by atoms with Crippen molar-refractivity contribution in [1.29, 1.82) is 0 Å². The summed E-state index contributed by atoms with van der Waals surface area (Å²) in [6, 6.07) is 0. The summed E-state index contributed by atoms with van der Waals surface area (Å²) in [5.74, 6) is -0.523. The Hall–Kier alpha value is -2.58. The van der Waals surface area contributed by atoms with E-state index in [2.05, 4.69) is 10.3 Å². The molecule has 0 bridgehead atoms. The summed E-state index contributed by atoms with van der Waals surface area (Å²) in [6.07, 6.45) is 0.717. The Morgan fingerprint density at radius 3 is 2.55 bits per heavy atom. The van der Waals surface area contributed by atoms with E-state index in [9.17, 15) is 14.4 Å². The number of aryl methyl sites for hydroxylation is 2. The lowest BCUT2D eigenvalue weighted by Gasteiger charge is -2.10. The molecule has 0 amide bonds. The van der Waals surface area contributed by atoms with Gasteiger partial charge < -0.3 is 10.4 Å². The molecule has 0 aromatic carbocycles. The number of carbonyl (C=O) groups is 1. The van der Waals surface area contributed by atoms with E-state index in [1.54, 1.807) is 11.6 Å². The van der Waals surface area contributed by atoms with Crippen molar-refractivity contribution in [1.82, 2.24) is 18.7 Å². The van der Waals surface area contributed by atoms with Crippen LogP contribution in [0.25, 0.3) is 11.2 Å². The maximum Gasteiger partial charge on any atom is 0.332 e. The fraction of sp³-hybridized carbons (Fsp3) is 0.538. The highest BCUT2D eigenvalue weighted by Gasteiger charge is 2.18. The molecular formula is C13H19N5O4. The van der Waals surface area contributed by atoms with E-state index >= 15 is 0 Å². The Balaban J connectivity index is 2.62. The van der Waals surface area contributed by atoms with Crippen molar-refractivity contribution in [2.24, 2.45) is 14.1 Å². The second-order valence-electron chi connectivity index (χ2n) is 5.04. The molecule has 9 heteroatoms. The van der Waals surface area contributed by atoms with Gasteiger partial charge in [0.05, 0.1) is 6.42 Å². The molecule has 120 valence electrons. The monoisotopic (exact) mass is 309 g/mol. The van der Waals surface area contributed by atoms with Crippen LogP contribution in [0.1, 0.15) is 19.8 Å². The molecule has 2 rings (SSSR count). The van der Waals surface area contributed by atoms with Crippen molar-refractivity contribution in [3.8, 4) is 0 Å². The molecule has 0 saturated heterocycles. The second-order valence-corrected chi connectivity index (χ2v) is 5.04.